The molecule has 1 aromatic carbocycles. The van der Waals surface area contributed by atoms with E-state index < -0.39 is 0 Å². The third kappa shape index (κ3) is 5.30. The highest BCUT2D eigenvalue weighted by Crippen LogP contribution is 2.22. The quantitative estimate of drug-likeness (QED) is 0.688. The molecule has 2 rings (SSSR count). The van der Waals surface area contributed by atoms with Crippen molar-refractivity contribution in [2.24, 2.45) is 0 Å². The van der Waals surface area contributed by atoms with E-state index in [1.165, 1.54) is 11.8 Å². The van der Waals surface area contributed by atoms with Crippen LogP contribution in [-0.2, 0) is 11.3 Å². The van der Waals surface area contributed by atoms with Gasteiger partial charge in [-0.2, -0.15) is 5.10 Å². The number of rotatable bonds is 8. The van der Waals surface area contributed by atoms with Gasteiger partial charge >= 0.3 is 0 Å². The van der Waals surface area contributed by atoms with Crippen LogP contribution in [-0.4, -0.2) is 47.0 Å². The van der Waals surface area contributed by atoms with E-state index in [0.717, 1.165) is 41.5 Å². The molecule has 0 radical (unpaired) electrons. The van der Waals surface area contributed by atoms with Crippen molar-refractivity contribution in [1.82, 2.24) is 14.7 Å². The standard InChI is InChI=1S/C18H25N3O2S/c1-14-11-15(2)21(19-14)10-6-9-20(3)18(22)13-24-17-8-5-7-16(12-17)23-4/h5,7-8,11-12H,6,9-10,13H2,1-4H3. The molecule has 0 spiro atoms. The molecule has 1 heterocycles. The van der Waals surface area contributed by atoms with Gasteiger partial charge in [-0.15, -0.1) is 11.8 Å². The number of aromatic nitrogens is 2. The third-order valence-electron chi connectivity index (χ3n) is 3.80. The molecule has 0 fully saturated rings. The summed E-state index contributed by atoms with van der Waals surface area (Å²) in [6.45, 7) is 5.62. The minimum absolute atomic E-state index is 0.135. The second-order valence-corrected chi connectivity index (χ2v) is 6.84. The van der Waals surface area contributed by atoms with E-state index in [9.17, 15) is 4.79 Å². The van der Waals surface area contributed by atoms with Gasteiger partial charge in [-0.1, -0.05) is 6.07 Å². The van der Waals surface area contributed by atoms with Crippen LogP contribution in [0.15, 0.2) is 35.2 Å². The summed E-state index contributed by atoms with van der Waals surface area (Å²) in [5.74, 6) is 1.38. The summed E-state index contributed by atoms with van der Waals surface area (Å²) < 4.78 is 7.20. The van der Waals surface area contributed by atoms with Crippen molar-refractivity contribution in [1.29, 1.82) is 0 Å². The summed E-state index contributed by atoms with van der Waals surface area (Å²) in [5.41, 5.74) is 2.20. The molecule has 0 unspecified atom stereocenters. The Kier molecular flexibility index (Phi) is 6.73. The topological polar surface area (TPSA) is 47.4 Å². The number of thioether (sulfide) groups is 1. The SMILES string of the molecule is COc1cccc(SCC(=O)N(C)CCCn2nc(C)cc2C)c1. The van der Waals surface area contributed by atoms with Crippen molar-refractivity contribution < 1.29 is 9.53 Å². The van der Waals surface area contributed by atoms with Crippen LogP contribution in [0.25, 0.3) is 0 Å². The molecule has 0 aliphatic carbocycles. The molecule has 0 saturated heterocycles. The third-order valence-corrected chi connectivity index (χ3v) is 4.77. The maximum absolute atomic E-state index is 12.2. The maximum atomic E-state index is 12.2. The average molecular weight is 347 g/mol. The van der Waals surface area contributed by atoms with Gasteiger partial charge in [0.2, 0.25) is 5.91 Å². The van der Waals surface area contributed by atoms with E-state index in [2.05, 4.69) is 18.1 Å². The van der Waals surface area contributed by atoms with Crippen LogP contribution < -0.4 is 4.74 Å². The smallest absolute Gasteiger partial charge is 0.232 e. The lowest BCUT2D eigenvalue weighted by molar-refractivity contribution is -0.127. The molecule has 24 heavy (non-hydrogen) atoms. The number of carbonyl (C=O) groups excluding carboxylic acids is 1. The van der Waals surface area contributed by atoms with Gasteiger partial charge in [0.25, 0.3) is 0 Å². The van der Waals surface area contributed by atoms with Crippen molar-refractivity contribution in [3.8, 4) is 5.75 Å². The van der Waals surface area contributed by atoms with E-state index in [4.69, 9.17) is 4.74 Å². The lowest BCUT2D eigenvalue weighted by Crippen LogP contribution is -2.30. The largest absolute Gasteiger partial charge is 0.497 e. The van der Waals surface area contributed by atoms with Gasteiger partial charge in [-0.05, 0) is 44.5 Å². The first-order chi connectivity index (χ1) is 11.5. The number of hydrogen-bond donors (Lipinski definition) is 0. The predicted molar refractivity (Wildman–Crippen MR) is 97.7 cm³/mol. The normalized spacial score (nSPS) is 10.7. The van der Waals surface area contributed by atoms with Crippen LogP contribution in [0.5, 0.6) is 5.75 Å². The molecule has 1 aromatic heterocycles. The molecular weight excluding hydrogens is 322 g/mol. The predicted octanol–water partition coefficient (Wildman–Crippen LogP) is 3.15. The number of aryl methyl sites for hydroxylation is 3. The Morgan fingerprint density at radius 3 is 2.79 bits per heavy atom. The Morgan fingerprint density at radius 2 is 2.12 bits per heavy atom. The lowest BCUT2D eigenvalue weighted by atomic mass is 10.3. The summed E-state index contributed by atoms with van der Waals surface area (Å²) in [7, 11) is 3.50. The maximum Gasteiger partial charge on any atom is 0.232 e. The molecule has 2 aromatic rings. The van der Waals surface area contributed by atoms with Gasteiger partial charge in [0.05, 0.1) is 18.6 Å². The zero-order chi connectivity index (χ0) is 17.5. The van der Waals surface area contributed by atoms with Gasteiger partial charge in [0.15, 0.2) is 0 Å². The number of amides is 1. The van der Waals surface area contributed by atoms with Crippen molar-refractivity contribution in [3.63, 3.8) is 0 Å². The van der Waals surface area contributed by atoms with Crippen LogP contribution >= 0.6 is 11.8 Å². The van der Waals surface area contributed by atoms with E-state index >= 15 is 0 Å². The fraction of sp³-hybridized carbons (Fsp3) is 0.444. The Hall–Kier alpha value is -1.95. The zero-order valence-electron chi connectivity index (χ0n) is 14.8. The number of nitrogens with zero attached hydrogens (tertiary/aromatic N) is 3. The first-order valence-electron chi connectivity index (χ1n) is 8.01. The van der Waals surface area contributed by atoms with E-state index in [1.54, 1.807) is 12.0 Å². The van der Waals surface area contributed by atoms with Crippen molar-refractivity contribution >= 4 is 17.7 Å². The molecule has 0 aliphatic rings. The van der Waals surface area contributed by atoms with Gasteiger partial charge in [-0.3, -0.25) is 9.48 Å². The fourth-order valence-electron chi connectivity index (χ4n) is 2.43. The molecule has 0 aliphatic heterocycles. The summed E-state index contributed by atoms with van der Waals surface area (Å²) in [5, 5.41) is 4.44. The highest BCUT2D eigenvalue weighted by molar-refractivity contribution is 8.00. The Morgan fingerprint density at radius 1 is 1.33 bits per heavy atom. The van der Waals surface area contributed by atoms with E-state index in [0.29, 0.717) is 5.75 Å². The van der Waals surface area contributed by atoms with Crippen molar-refractivity contribution in [2.75, 3.05) is 26.5 Å². The number of ether oxygens (including phenoxy) is 1. The molecular formula is C18H25N3O2S. The van der Waals surface area contributed by atoms with E-state index in [-0.39, 0.29) is 5.91 Å². The monoisotopic (exact) mass is 347 g/mol. The molecule has 6 heteroatoms. The minimum Gasteiger partial charge on any atom is -0.497 e. The fourth-order valence-corrected chi connectivity index (χ4v) is 3.31. The summed E-state index contributed by atoms with van der Waals surface area (Å²) in [6, 6.07) is 9.84. The van der Waals surface area contributed by atoms with Crippen molar-refractivity contribution in [3.05, 3.63) is 41.7 Å². The lowest BCUT2D eigenvalue weighted by Gasteiger charge is -2.17. The minimum atomic E-state index is 0.135. The van der Waals surface area contributed by atoms with Gasteiger partial charge in [0.1, 0.15) is 5.75 Å². The zero-order valence-corrected chi connectivity index (χ0v) is 15.6. The molecule has 130 valence electrons. The summed E-state index contributed by atoms with van der Waals surface area (Å²) in [4.78, 5) is 15.1. The second-order valence-electron chi connectivity index (χ2n) is 5.79. The number of carbonyl (C=O) groups is 1. The average Bonchev–Trinajstić information content (AvgIpc) is 2.90. The summed E-state index contributed by atoms with van der Waals surface area (Å²) in [6.07, 6.45) is 0.897. The highest BCUT2D eigenvalue weighted by Gasteiger charge is 2.10. The molecule has 0 saturated carbocycles. The Labute approximate surface area is 148 Å². The number of benzene rings is 1. The van der Waals surface area contributed by atoms with Crippen LogP contribution in [0.2, 0.25) is 0 Å². The van der Waals surface area contributed by atoms with Crippen molar-refractivity contribution in [2.45, 2.75) is 31.7 Å². The molecule has 5 nitrogen and oxygen atoms in total. The Balaban J connectivity index is 1.74. The number of hydrogen-bond acceptors (Lipinski definition) is 4. The van der Waals surface area contributed by atoms with E-state index in [1.807, 2.05) is 42.9 Å². The van der Waals surface area contributed by atoms with Gasteiger partial charge in [-0.25, -0.2) is 0 Å². The van der Waals surface area contributed by atoms with Crippen LogP contribution in [0.3, 0.4) is 0 Å². The molecule has 0 bridgehead atoms. The summed E-state index contributed by atoms with van der Waals surface area (Å²) >= 11 is 1.53. The molecule has 0 N–H and O–H groups in total. The first kappa shape index (κ1) is 18.4. The highest BCUT2D eigenvalue weighted by atomic mass is 32.2. The Bertz CT molecular complexity index is 685. The van der Waals surface area contributed by atoms with Crippen LogP contribution in [0.1, 0.15) is 17.8 Å². The molecule has 1 amide bonds. The van der Waals surface area contributed by atoms with Gasteiger partial charge in [0, 0.05) is 30.7 Å². The van der Waals surface area contributed by atoms with Crippen LogP contribution in [0, 0.1) is 13.8 Å². The van der Waals surface area contributed by atoms with Gasteiger partial charge < -0.3 is 9.64 Å². The van der Waals surface area contributed by atoms with Crippen LogP contribution in [0.4, 0.5) is 0 Å². The number of methoxy groups -OCH3 is 1. The molecule has 0 atom stereocenters. The first-order valence-corrected chi connectivity index (χ1v) is 9.00. The second kappa shape index (κ2) is 8.78.